The molecule has 1 atom stereocenters. The molecule has 0 aliphatic carbocycles. The topological polar surface area (TPSA) is 18.5 Å². The molecule has 1 N–H and O–H groups in total. The third kappa shape index (κ3) is 3.97. The summed E-state index contributed by atoms with van der Waals surface area (Å²) in [7, 11) is 4.47. The molecule has 20 heavy (non-hydrogen) atoms. The maximum absolute atomic E-state index is 3.52. The van der Waals surface area contributed by atoms with E-state index in [1.807, 2.05) is 0 Å². The Hall–Kier alpha value is -1.06. The Kier molecular flexibility index (Phi) is 5.44. The van der Waals surface area contributed by atoms with Crippen LogP contribution in [0.1, 0.15) is 32.3 Å². The van der Waals surface area contributed by atoms with Crippen LogP contribution in [0.25, 0.3) is 0 Å². The van der Waals surface area contributed by atoms with Crippen molar-refractivity contribution in [3.05, 3.63) is 29.8 Å². The molecular weight excluding hydrogens is 246 g/mol. The number of likely N-dealkylation sites (tertiary alicyclic amines) is 1. The van der Waals surface area contributed by atoms with Gasteiger partial charge >= 0.3 is 0 Å². The van der Waals surface area contributed by atoms with Crippen molar-refractivity contribution >= 4 is 5.69 Å². The lowest BCUT2D eigenvalue weighted by Crippen LogP contribution is -2.37. The van der Waals surface area contributed by atoms with Gasteiger partial charge in [-0.1, -0.05) is 32.0 Å². The van der Waals surface area contributed by atoms with Crippen LogP contribution >= 0.6 is 0 Å². The summed E-state index contributed by atoms with van der Waals surface area (Å²) in [5, 5.41) is 3.52. The Morgan fingerprint density at radius 2 is 2.10 bits per heavy atom. The first-order valence-electron chi connectivity index (χ1n) is 7.80. The van der Waals surface area contributed by atoms with Gasteiger partial charge in [-0.25, -0.2) is 0 Å². The molecule has 1 heterocycles. The quantitative estimate of drug-likeness (QED) is 0.861. The van der Waals surface area contributed by atoms with Crippen molar-refractivity contribution in [2.45, 2.75) is 45.3 Å². The molecule has 1 fully saturated rings. The maximum Gasteiger partial charge on any atom is 0.0409 e. The molecule has 0 aromatic heterocycles. The smallest absolute Gasteiger partial charge is 0.0409 e. The highest BCUT2D eigenvalue weighted by molar-refractivity contribution is 5.53. The Labute approximate surface area is 124 Å². The van der Waals surface area contributed by atoms with E-state index >= 15 is 0 Å². The van der Waals surface area contributed by atoms with Crippen LogP contribution < -0.4 is 10.2 Å². The fourth-order valence-corrected chi connectivity index (χ4v) is 2.97. The van der Waals surface area contributed by atoms with Crippen molar-refractivity contribution in [2.24, 2.45) is 0 Å². The van der Waals surface area contributed by atoms with Gasteiger partial charge in [-0.15, -0.1) is 0 Å². The average molecular weight is 275 g/mol. The second kappa shape index (κ2) is 7.09. The lowest BCUT2D eigenvalue weighted by molar-refractivity contribution is 0.314. The van der Waals surface area contributed by atoms with Crippen molar-refractivity contribution in [3.63, 3.8) is 0 Å². The van der Waals surface area contributed by atoms with E-state index in [1.165, 1.54) is 30.6 Å². The predicted octanol–water partition coefficient (Wildman–Crippen LogP) is 2.72. The first-order chi connectivity index (χ1) is 9.58. The van der Waals surface area contributed by atoms with Crippen molar-refractivity contribution in [3.8, 4) is 0 Å². The van der Waals surface area contributed by atoms with E-state index in [4.69, 9.17) is 0 Å². The Morgan fingerprint density at radius 1 is 1.35 bits per heavy atom. The molecule has 1 unspecified atom stereocenters. The first kappa shape index (κ1) is 15.3. The number of nitrogens with zero attached hydrogens (tertiary/aromatic N) is 2. The van der Waals surface area contributed by atoms with Gasteiger partial charge in [-0.3, -0.25) is 0 Å². The zero-order valence-electron chi connectivity index (χ0n) is 13.4. The van der Waals surface area contributed by atoms with Gasteiger partial charge in [0.1, 0.15) is 0 Å². The molecule has 0 radical (unpaired) electrons. The lowest BCUT2D eigenvalue weighted by Gasteiger charge is -2.29. The Bertz CT molecular complexity index is 416. The Morgan fingerprint density at radius 3 is 2.75 bits per heavy atom. The minimum Gasteiger partial charge on any atom is -0.373 e. The third-order valence-electron chi connectivity index (χ3n) is 4.26. The van der Waals surface area contributed by atoms with Gasteiger partial charge in [0.05, 0.1) is 0 Å². The lowest BCUT2D eigenvalue weighted by atomic mass is 10.1. The summed E-state index contributed by atoms with van der Waals surface area (Å²) >= 11 is 0. The van der Waals surface area contributed by atoms with E-state index in [0.717, 1.165) is 13.1 Å². The van der Waals surface area contributed by atoms with Crippen molar-refractivity contribution < 1.29 is 0 Å². The van der Waals surface area contributed by atoms with Gasteiger partial charge in [0, 0.05) is 37.9 Å². The van der Waals surface area contributed by atoms with E-state index in [1.54, 1.807) is 0 Å². The van der Waals surface area contributed by atoms with Gasteiger partial charge in [-0.05, 0) is 38.1 Å². The summed E-state index contributed by atoms with van der Waals surface area (Å²) in [6, 6.07) is 9.98. The SMILES string of the molecule is CC(C)NCc1ccccc1N(C)CC1CCCN1C. The van der Waals surface area contributed by atoms with Crippen LogP contribution in [-0.2, 0) is 6.54 Å². The average Bonchev–Trinajstić information content (AvgIpc) is 2.82. The van der Waals surface area contributed by atoms with E-state index in [0.29, 0.717) is 12.1 Å². The molecule has 1 aromatic carbocycles. The minimum atomic E-state index is 0.523. The van der Waals surface area contributed by atoms with E-state index in [9.17, 15) is 0 Å². The molecule has 3 nitrogen and oxygen atoms in total. The number of anilines is 1. The van der Waals surface area contributed by atoms with Crippen LogP contribution in [0.4, 0.5) is 5.69 Å². The van der Waals surface area contributed by atoms with Gasteiger partial charge < -0.3 is 15.1 Å². The van der Waals surface area contributed by atoms with Crippen LogP contribution in [0, 0.1) is 0 Å². The van der Waals surface area contributed by atoms with Crippen molar-refractivity contribution in [1.82, 2.24) is 10.2 Å². The number of likely N-dealkylation sites (N-methyl/N-ethyl adjacent to an activating group) is 2. The third-order valence-corrected chi connectivity index (χ3v) is 4.26. The second-order valence-corrected chi connectivity index (χ2v) is 6.32. The fraction of sp³-hybridized carbons (Fsp3) is 0.647. The van der Waals surface area contributed by atoms with Crippen molar-refractivity contribution in [1.29, 1.82) is 0 Å². The number of rotatable bonds is 6. The zero-order valence-corrected chi connectivity index (χ0v) is 13.4. The van der Waals surface area contributed by atoms with Crippen LogP contribution in [0.2, 0.25) is 0 Å². The standard InChI is InChI=1S/C17H29N3/c1-14(2)18-12-15-8-5-6-10-17(15)20(4)13-16-9-7-11-19(16)3/h5-6,8,10,14,16,18H,7,9,11-13H2,1-4H3. The highest BCUT2D eigenvalue weighted by atomic mass is 15.2. The van der Waals surface area contributed by atoms with Crippen molar-refractivity contribution in [2.75, 3.05) is 32.1 Å². The van der Waals surface area contributed by atoms with Gasteiger partial charge in [0.25, 0.3) is 0 Å². The molecule has 2 rings (SSSR count). The molecular formula is C17H29N3. The summed E-state index contributed by atoms with van der Waals surface area (Å²) in [6.07, 6.45) is 2.67. The number of hydrogen-bond acceptors (Lipinski definition) is 3. The number of benzene rings is 1. The normalized spacial score (nSPS) is 19.8. The summed E-state index contributed by atoms with van der Waals surface area (Å²) in [6.45, 7) is 7.70. The summed E-state index contributed by atoms with van der Waals surface area (Å²) < 4.78 is 0. The number of para-hydroxylation sites is 1. The highest BCUT2D eigenvalue weighted by Gasteiger charge is 2.22. The molecule has 3 heteroatoms. The molecule has 1 aliphatic heterocycles. The number of nitrogens with one attached hydrogen (secondary N) is 1. The monoisotopic (exact) mass is 275 g/mol. The van der Waals surface area contributed by atoms with Gasteiger partial charge in [0.2, 0.25) is 0 Å². The minimum absolute atomic E-state index is 0.523. The predicted molar refractivity (Wildman–Crippen MR) is 87.3 cm³/mol. The second-order valence-electron chi connectivity index (χ2n) is 6.32. The Balaban J connectivity index is 2.02. The molecule has 0 spiro atoms. The fourth-order valence-electron chi connectivity index (χ4n) is 2.97. The van der Waals surface area contributed by atoms with Crippen LogP contribution in [0.3, 0.4) is 0 Å². The zero-order chi connectivity index (χ0) is 14.5. The molecule has 0 bridgehead atoms. The van der Waals surface area contributed by atoms with Gasteiger partial charge in [0.15, 0.2) is 0 Å². The summed E-state index contributed by atoms with van der Waals surface area (Å²) in [5.74, 6) is 0. The highest BCUT2D eigenvalue weighted by Crippen LogP contribution is 2.22. The molecule has 0 saturated carbocycles. The van der Waals surface area contributed by atoms with Crippen LogP contribution in [-0.4, -0.2) is 44.2 Å². The van der Waals surface area contributed by atoms with Crippen LogP contribution in [0.5, 0.6) is 0 Å². The molecule has 1 aliphatic rings. The molecule has 112 valence electrons. The van der Waals surface area contributed by atoms with E-state index in [-0.39, 0.29) is 0 Å². The van der Waals surface area contributed by atoms with Gasteiger partial charge in [-0.2, -0.15) is 0 Å². The first-order valence-corrected chi connectivity index (χ1v) is 7.80. The summed E-state index contributed by atoms with van der Waals surface area (Å²) in [5.41, 5.74) is 2.75. The van der Waals surface area contributed by atoms with E-state index < -0.39 is 0 Å². The van der Waals surface area contributed by atoms with E-state index in [2.05, 4.69) is 67.3 Å². The largest absolute Gasteiger partial charge is 0.373 e. The molecule has 0 amide bonds. The maximum atomic E-state index is 3.52. The van der Waals surface area contributed by atoms with Crippen LogP contribution in [0.15, 0.2) is 24.3 Å². The molecule has 1 saturated heterocycles. The molecule has 1 aromatic rings. The summed E-state index contributed by atoms with van der Waals surface area (Å²) in [4.78, 5) is 4.91. The number of hydrogen-bond donors (Lipinski definition) is 1.